The Morgan fingerprint density at radius 2 is 2.10 bits per heavy atom. The van der Waals surface area contributed by atoms with E-state index >= 15 is 0 Å². The minimum absolute atomic E-state index is 0.0241. The van der Waals surface area contributed by atoms with Crippen LogP contribution in [0.5, 0.6) is 0 Å². The van der Waals surface area contributed by atoms with E-state index in [0.29, 0.717) is 23.8 Å². The van der Waals surface area contributed by atoms with E-state index in [1.165, 1.54) is 37.8 Å². The van der Waals surface area contributed by atoms with Crippen molar-refractivity contribution < 1.29 is 9.18 Å². The third-order valence-electron chi connectivity index (χ3n) is 4.22. The predicted molar refractivity (Wildman–Crippen MR) is 82.8 cm³/mol. The summed E-state index contributed by atoms with van der Waals surface area (Å²) in [5.74, 6) is -0.895. The Morgan fingerprint density at radius 3 is 2.76 bits per heavy atom. The number of amides is 1. The number of nitrogens with one attached hydrogen (secondary N) is 1. The molecule has 0 saturated heterocycles. The SMILES string of the molecule is Cc1cc(N)cc(C(=O)NCCN(C)C2CCCC2)c1F. The highest BCUT2D eigenvalue weighted by atomic mass is 19.1. The number of nitrogens with zero attached hydrogens (tertiary/aromatic N) is 1. The first kappa shape index (κ1) is 15.8. The Morgan fingerprint density at radius 1 is 1.43 bits per heavy atom. The van der Waals surface area contributed by atoms with Gasteiger partial charge in [0.1, 0.15) is 5.82 Å². The third kappa shape index (κ3) is 3.94. The number of likely N-dealkylation sites (N-methyl/N-ethyl adjacent to an activating group) is 1. The van der Waals surface area contributed by atoms with Gasteiger partial charge in [0, 0.05) is 24.8 Å². The van der Waals surface area contributed by atoms with Gasteiger partial charge >= 0.3 is 0 Å². The quantitative estimate of drug-likeness (QED) is 0.819. The largest absolute Gasteiger partial charge is 0.399 e. The maximum absolute atomic E-state index is 13.9. The van der Waals surface area contributed by atoms with Crippen molar-refractivity contribution in [2.45, 2.75) is 38.6 Å². The maximum Gasteiger partial charge on any atom is 0.254 e. The first-order chi connectivity index (χ1) is 9.99. The normalized spacial score (nSPS) is 15.6. The third-order valence-corrected chi connectivity index (χ3v) is 4.22. The first-order valence-electron chi connectivity index (χ1n) is 7.53. The highest BCUT2D eigenvalue weighted by Crippen LogP contribution is 2.22. The van der Waals surface area contributed by atoms with Gasteiger partial charge in [-0.1, -0.05) is 12.8 Å². The lowest BCUT2D eigenvalue weighted by molar-refractivity contribution is 0.0943. The number of rotatable bonds is 5. The van der Waals surface area contributed by atoms with Crippen LogP contribution in [0, 0.1) is 12.7 Å². The molecule has 0 spiro atoms. The van der Waals surface area contributed by atoms with E-state index < -0.39 is 11.7 Å². The molecule has 1 aromatic carbocycles. The van der Waals surface area contributed by atoms with Crippen molar-refractivity contribution in [1.29, 1.82) is 0 Å². The number of carbonyl (C=O) groups is 1. The molecule has 0 aromatic heterocycles. The summed E-state index contributed by atoms with van der Waals surface area (Å²) in [4.78, 5) is 14.3. The number of anilines is 1. The van der Waals surface area contributed by atoms with E-state index in [0.717, 1.165) is 6.54 Å². The van der Waals surface area contributed by atoms with E-state index in [-0.39, 0.29) is 5.56 Å². The number of carbonyl (C=O) groups excluding carboxylic acids is 1. The van der Waals surface area contributed by atoms with Crippen LogP contribution in [0.3, 0.4) is 0 Å². The fourth-order valence-electron chi connectivity index (χ4n) is 2.93. The molecule has 0 unspecified atom stereocenters. The lowest BCUT2D eigenvalue weighted by Crippen LogP contribution is -2.37. The summed E-state index contributed by atoms with van der Waals surface area (Å²) in [5.41, 5.74) is 6.49. The fourth-order valence-corrected chi connectivity index (χ4v) is 2.93. The summed E-state index contributed by atoms with van der Waals surface area (Å²) in [7, 11) is 2.08. The van der Waals surface area contributed by atoms with Crippen LogP contribution in [0.1, 0.15) is 41.6 Å². The molecule has 1 aliphatic carbocycles. The van der Waals surface area contributed by atoms with Gasteiger partial charge in [-0.2, -0.15) is 0 Å². The minimum Gasteiger partial charge on any atom is -0.399 e. The topological polar surface area (TPSA) is 58.4 Å². The Bertz CT molecular complexity index is 512. The molecule has 0 radical (unpaired) electrons. The molecular weight excluding hydrogens is 269 g/mol. The van der Waals surface area contributed by atoms with Crippen LogP contribution in [0.15, 0.2) is 12.1 Å². The van der Waals surface area contributed by atoms with Crippen molar-refractivity contribution in [2.75, 3.05) is 25.9 Å². The summed E-state index contributed by atoms with van der Waals surface area (Å²) in [6.45, 7) is 2.90. The number of aryl methyl sites for hydroxylation is 1. The molecule has 116 valence electrons. The molecule has 1 amide bonds. The van der Waals surface area contributed by atoms with Gasteiger partial charge in [-0.3, -0.25) is 4.79 Å². The van der Waals surface area contributed by atoms with Crippen LogP contribution in [-0.2, 0) is 0 Å². The van der Waals surface area contributed by atoms with Crippen molar-refractivity contribution in [2.24, 2.45) is 0 Å². The smallest absolute Gasteiger partial charge is 0.254 e. The average Bonchev–Trinajstić information content (AvgIpc) is 2.96. The average molecular weight is 293 g/mol. The van der Waals surface area contributed by atoms with Gasteiger partial charge in [0.05, 0.1) is 5.56 Å². The molecule has 0 heterocycles. The molecule has 4 nitrogen and oxygen atoms in total. The Balaban J connectivity index is 1.87. The number of nitrogens with two attached hydrogens (primary N) is 1. The second-order valence-corrected chi connectivity index (χ2v) is 5.87. The monoisotopic (exact) mass is 293 g/mol. The molecule has 3 N–H and O–H groups in total. The molecule has 21 heavy (non-hydrogen) atoms. The molecule has 0 atom stereocenters. The second kappa shape index (κ2) is 6.89. The first-order valence-corrected chi connectivity index (χ1v) is 7.53. The standard InChI is InChI=1S/C16H24FN3O/c1-11-9-12(18)10-14(15(11)17)16(21)19-7-8-20(2)13-5-3-4-6-13/h9-10,13H,3-8,18H2,1-2H3,(H,19,21). The molecule has 0 bridgehead atoms. The predicted octanol–water partition coefficient (Wildman–Crippen LogP) is 2.32. The fraction of sp³-hybridized carbons (Fsp3) is 0.562. The zero-order valence-electron chi connectivity index (χ0n) is 12.8. The van der Waals surface area contributed by atoms with Crippen molar-refractivity contribution in [3.63, 3.8) is 0 Å². The van der Waals surface area contributed by atoms with Gasteiger partial charge in [-0.15, -0.1) is 0 Å². The van der Waals surface area contributed by atoms with Crippen LogP contribution >= 0.6 is 0 Å². The van der Waals surface area contributed by atoms with Crippen molar-refractivity contribution in [3.05, 3.63) is 29.1 Å². The van der Waals surface area contributed by atoms with Crippen LogP contribution in [0.25, 0.3) is 0 Å². The van der Waals surface area contributed by atoms with E-state index in [9.17, 15) is 9.18 Å². The summed E-state index contributed by atoms with van der Waals surface area (Å²) < 4.78 is 13.9. The second-order valence-electron chi connectivity index (χ2n) is 5.87. The summed E-state index contributed by atoms with van der Waals surface area (Å²) in [6.07, 6.45) is 5.03. The Hall–Kier alpha value is -1.62. The maximum atomic E-state index is 13.9. The number of benzene rings is 1. The van der Waals surface area contributed by atoms with Gasteiger partial charge in [-0.25, -0.2) is 4.39 Å². The van der Waals surface area contributed by atoms with E-state index in [4.69, 9.17) is 5.73 Å². The number of nitrogen functional groups attached to an aromatic ring is 1. The summed E-state index contributed by atoms with van der Waals surface area (Å²) in [5, 5.41) is 2.77. The van der Waals surface area contributed by atoms with E-state index in [2.05, 4.69) is 17.3 Å². The van der Waals surface area contributed by atoms with Crippen LogP contribution in [-0.4, -0.2) is 37.0 Å². The van der Waals surface area contributed by atoms with Crippen LogP contribution in [0.4, 0.5) is 10.1 Å². The zero-order chi connectivity index (χ0) is 15.4. The van der Waals surface area contributed by atoms with Gasteiger partial charge < -0.3 is 16.0 Å². The molecule has 5 heteroatoms. The van der Waals surface area contributed by atoms with Gasteiger partial charge in [0.25, 0.3) is 5.91 Å². The summed E-state index contributed by atoms with van der Waals surface area (Å²) >= 11 is 0. The molecule has 2 rings (SSSR count). The number of halogens is 1. The van der Waals surface area contributed by atoms with Gasteiger partial charge in [0.2, 0.25) is 0 Å². The van der Waals surface area contributed by atoms with E-state index in [1.54, 1.807) is 6.92 Å². The van der Waals surface area contributed by atoms with Gasteiger partial charge in [0.15, 0.2) is 0 Å². The Kier molecular flexibility index (Phi) is 5.17. The Labute approximate surface area is 125 Å². The molecular formula is C16H24FN3O. The molecule has 1 aromatic rings. The minimum atomic E-state index is -0.495. The lowest BCUT2D eigenvalue weighted by atomic mass is 10.1. The summed E-state index contributed by atoms with van der Waals surface area (Å²) in [6, 6.07) is 3.53. The molecule has 1 saturated carbocycles. The lowest BCUT2D eigenvalue weighted by Gasteiger charge is -2.23. The van der Waals surface area contributed by atoms with Crippen molar-refractivity contribution in [1.82, 2.24) is 10.2 Å². The molecule has 1 aliphatic rings. The van der Waals surface area contributed by atoms with Crippen molar-refractivity contribution in [3.8, 4) is 0 Å². The highest BCUT2D eigenvalue weighted by Gasteiger charge is 2.19. The van der Waals surface area contributed by atoms with Crippen LogP contribution < -0.4 is 11.1 Å². The molecule has 1 fully saturated rings. The zero-order valence-corrected chi connectivity index (χ0v) is 12.8. The van der Waals surface area contributed by atoms with Crippen molar-refractivity contribution >= 4 is 11.6 Å². The number of hydrogen-bond donors (Lipinski definition) is 2. The van der Waals surface area contributed by atoms with Gasteiger partial charge in [-0.05, 0) is 44.5 Å². The number of hydrogen-bond acceptors (Lipinski definition) is 3. The van der Waals surface area contributed by atoms with Crippen LogP contribution in [0.2, 0.25) is 0 Å². The molecule has 0 aliphatic heterocycles. The van der Waals surface area contributed by atoms with E-state index in [1.807, 2.05) is 0 Å². The highest BCUT2D eigenvalue weighted by molar-refractivity contribution is 5.95.